The predicted octanol–water partition coefficient (Wildman–Crippen LogP) is 4.26. The van der Waals surface area contributed by atoms with Crippen molar-refractivity contribution < 1.29 is 22.3 Å². The highest BCUT2D eigenvalue weighted by Gasteiger charge is 2.32. The number of fused-ring (bicyclic) bond motifs is 1. The number of hydrogen-bond acceptors (Lipinski definition) is 5. The van der Waals surface area contributed by atoms with Crippen LogP contribution in [0.25, 0.3) is 0 Å². The van der Waals surface area contributed by atoms with E-state index in [2.05, 4.69) is 15.9 Å². The summed E-state index contributed by atoms with van der Waals surface area (Å²) >= 11 is 0. The predicted molar refractivity (Wildman–Crippen MR) is 126 cm³/mol. The number of amides is 1. The molecule has 7 nitrogen and oxygen atoms in total. The first kappa shape index (κ1) is 22.1. The van der Waals surface area contributed by atoms with Crippen LogP contribution in [0.2, 0.25) is 0 Å². The molecular weight excluding hydrogens is 457 g/mol. The number of anilines is 1. The fraction of sp³-hybridized carbons (Fsp3) is 0.200. The van der Waals surface area contributed by atoms with Crippen LogP contribution >= 0.6 is 0 Å². The molecule has 174 valence electrons. The van der Waals surface area contributed by atoms with Crippen molar-refractivity contribution in [3.63, 3.8) is 0 Å². The first-order valence-electron chi connectivity index (χ1n) is 10.8. The van der Waals surface area contributed by atoms with Crippen molar-refractivity contribution >= 4 is 27.3 Å². The first-order chi connectivity index (χ1) is 16.3. The Morgan fingerprint density at radius 2 is 1.82 bits per heavy atom. The maximum Gasteiger partial charge on any atom is 0.261 e. The zero-order valence-corrected chi connectivity index (χ0v) is 19.2. The summed E-state index contributed by atoms with van der Waals surface area (Å²) in [4.78, 5) is 12.3. The molecule has 0 radical (unpaired) electrons. The van der Waals surface area contributed by atoms with Gasteiger partial charge in [0.15, 0.2) is 0 Å². The number of rotatable bonds is 5. The number of carbonyl (C=O) groups excluding carboxylic acids is 1. The monoisotopic (exact) mass is 479 g/mol. The van der Waals surface area contributed by atoms with E-state index in [4.69, 9.17) is 4.74 Å². The van der Waals surface area contributed by atoms with Gasteiger partial charge < -0.3 is 4.74 Å². The molecule has 0 spiro atoms. The molecule has 3 aromatic carbocycles. The fourth-order valence-electron chi connectivity index (χ4n) is 4.21. The van der Waals surface area contributed by atoms with Crippen LogP contribution in [0.1, 0.15) is 36.1 Å². The molecule has 3 aromatic rings. The van der Waals surface area contributed by atoms with Crippen LogP contribution in [-0.2, 0) is 21.2 Å². The molecule has 0 aliphatic carbocycles. The van der Waals surface area contributed by atoms with Crippen molar-refractivity contribution in [1.29, 1.82) is 0 Å². The van der Waals surface area contributed by atoms with E-state index in [9.17, 15) is 17.6 Å². The summed E-state index contributed by atoms with van der Waals surface area (Å²) in [6.45, 7) is 2.15. The molecule has 0 fully saturated rings. The van der Waals surface area contributed by atoms with Crippen LogP contribution in [0, 0.1) is 5.82 Å². The van der Waals surface area contributed by atoms with Gasteiger partial charge in [0.1, 0.15) is 11.6 Å². The van der Waals surface area contributed by atoms with Gasteiger partial charge in [0.2, 0.25) is 5.91 Å². The minimum Gasteiger partial charge on any atom is -0.493 e. The van der Waals surface area contributed by atoms with E-state index in [1.165, 1.54) is 24.1 Å². The Balaban J connectivity index is 1.35. The third-order valence-electron chi connectivity index (χ3n) is 5.93. The summed E-state index contributed by atoms with van der Waals surface area (Å²) < 4.78 is 46.3. The van der Waals surface area contributed by atoms with E-state index in [-0.39, 0.29) is 16.8 Å². The second-order valence-corrected chi connectivity index (χ2v) is 9.91. The van der Waals surface area contributed by atoms with Gasteiger partial charge in [-0.25, -0.2) is 17.8 Å². The molecule has 1 atom stereocenters. The van der Waals surface area contributed by atoms with Crippen molar-refractivity contribution in [1.82, 2.24) is 5.01 Å². The molecule has 0 saturated heterocycles. The standard InChI is InChI=1S/C25H22FN3O4S/c1-16(30)29-24(18-4-11-25-19(14-18)12-13-33-25)15-23(27-29)17-2-7-21(8-3-17)28-34(31,32)22-9-5-20(26)6-10-22/h2-11,14,24,28H,12-13,15H2,1H3. The lowest BCUT2D eigenvalue weighted by atomic mass is 9.96. The van der Waals surface area contributed by atoms with E-state index in [1.54, 1.807) is 24.3 Å². The maximum atomic E-state index is 13.1. The van der Waals surface area contributed by atoms with Crippen molar-refractivity contribution in [2.75, 3.05) is 11.3 Å². The average molecular weight is 480 g/mol. The van der Waals surface area contributed by atoms with Gasteiger partial charge in [0, 0.05) is 25.5 Å². The largest absolute Gasteiger partial charge is 0.493 e. The maximum absolute atomic E-state index is 13.1. The zero-order valence-electron chi connectivity index (χ0n) is 18.4. The molecule has 2 aliphatic heterocycles. The smallest absolute Gasteiger partial charge is 0.261 e. The zero-order chi connectivity index (χ0) is 23.9. The van der Waals surface area contributed by atoms with Crippen LogP contribution in [0.4, 0.5) is 10.1 Å². The molecule has 0 bridgehead atoms. The lowest BCUT2D eigenvalue weighted by Crippen LogP contribution is -2.24. The first-order valence-corrected chi connectivity index (χ1v) is 12.3. The lowest BCUT2D eigenvalue weighted by Gasteiger charge is -2.21. The van der Waals surface area contributed by atoms with Crippen LogP contribution in [0.5, 0.6) is 5.75 Å². The normalized spacial score (nSPS) is 17.2. The molecule has 2 aliphatic rings. The highest BCUT2D eigenvalue weighted by molar-refractivity contribution is 7.92. The highest BCUT2D eigenvalue weighted by atomic mass is 32.2. The van der Waals surface area contributed by atoms with Gasteiger partial charge in [-0.15, -0.1) is 0 Å². The summed E-state index contributed by atoms with van der Waals surface area (Å²) in [5.41, 5.74) is 4.03. The number of ether oxygens (including phenoxy) is 1. The number of hydrogen-bond donors (Lipinski definition) is 1. The molecule has 0 saturated carbocycles. The minimum atomic E-state index is -3.84. The lowest BCUT2D eigenvalue weighted by molar-refractivity contribution is -0.130. The summed E-state index contributed by atoms with van der Waals surface area (Å²) in [6, 6.07) is 17.2. The third kappa shape index (κ3) is 4.26. The molecule has 34 heavy (non-hydrogen) atoms. The molecule has 1 amide bonds. The number of benzene rings is 3. The molecular formula is C25H22FN3O4S. The average Bonchev–Trinajstić information content (AvgIpc) is 3.46. The second kappa shape index (κ2) is 8.57. The van der Waals surface area contributed by atoms with Gasteiger partial charge in [-0.1, -0.05) is 18.2 Å². The van der Waals surface area contributed by atoms with E-state index in [0.717, 1.165) is 46.7 Å². The fourth-order valence-corrected chi connectivity index (χ4v) is 5.27. The highest BCUT2D eigenvalue weighted by Crippen LogP contribution is 2.36. The molecule has 1 unspecified atom stereocenters. The van der Waals surface area contributed by atoms with E-state index >= 15 is 0 Å². The van der Waals surface area contributed by atoms with Crippen LogP contribution in [0.15, 0.2) is 76.7 Å². The molecule has 1 N–H and O–H groups in total. The Morgan fingerprint density at radius 1 is 1.09 bits per heavy atom. The Labute approximate surface area is 196 Å². The van der Waals surface area contributed by atoms with Gasteiger partial charge in [-0.2, -0.15) is 5.10 Å². The number of hydrazone groups is 1. The van der Waals surface area contributed by atoms with Crippen LogP contribution < -0.4 is 9.46 Å². The van der Waals surface area contributed by atoms with Gasteiger partial charge >= 0.3 is 0 Å². The van der Waals surface area contributed by atoms with Crippen LogP contribution in [0.3, 0.4) is 0 Å². The van der Waals surface area contributed by atoms with E-state index < -0.39 is 15.8 Å². The Bertz CT molecular complexity index is 1390. The number of sulfonamides is 1. The Morgan fingerprint density at radius 3 is 2.53 bits per heavy atom. The molecule has 5 rings (SSSR count). The Kier molecular flexibility index (Phi) is 5.57. The molecule has 0 aromatic heterocycles. The van der Waals surface area contributed by atoms with E-state index in [1.807, 2.05) is 12.1 Å². The quantitative estimate of drug-likeness (QED) is 0.592. The molecule has 9 heteroatoms. The second-order valence-electron chi connectivity index (χ2n) is 8.23. The SMILES string of the molecule is CC(=O)N1N=C(c2ccc(NS(=O)(=O)c3ccc(F)cc3)cc2)CC1c1ccc2c(c1)CCO2. The van der Waals surface area contributed by atoms with Crippen molar-refractivity contribution in [2.45, 2.75) is 30.7 Å². The summed E-state index contributed by atoms with van der Waals surface area (Å²) in [5, 5.41) is 6.06. The van der Waals surface area contributed by atoms with E-state index in [0.29, 0.717) is 18.7 Å². The van der Waals surface area contributed by atoms with Gasteiger partial charge in [-0.3, -0.25) is 9.52 Å². The molecule has 2 heterocycles. The minimum absolute atomic E-state index is 0.0298. The summed E-state index contributed by atoms with van der Waals surface area (Å²) in [5.74, 6) is 0.225. The third-order valence-corrected chi connectivity index (χ3v) is 7.32. The topological polar surface area (TPSA) is 88.1 Å². The van der Waals surface area contributed by atoms with Gasteiger partial charge in [0.25, 0.3) is 10.0 Å². The van der Waals surface area contributed by atoms with Crippen molar-refractivity contribution in [2.24, 2.45) is 5.10 Å². The van der Waals surface area contributed by atoms with Crippen molar-refractivity contribution in [3.8, 4) is 5.75 Å². The summed E-state index contributed by atoms with van der Waals surface area (Å²) in [6.07, 6.45) is 1.39. The number of nitrogens with one attached hydrogen (secondary N) is 1. The van der Waals surface area contributed by atoms with Crippen molar-refractivity contribution in [3.05, 3.63) is 89.2 Å². The number of nitrogens with zero attached hydrogens (tertiary/aromatic N) is 2. The van der Waals surface area contributed by atoms with Crippen LogP contribution in [-0.4, -0.2) is 31.7 Å². The van der Waals surface area contributed by atoms with Gasteiger partial charge in [-0.05, 0) is 65.2 Å². The number of carbonyl (C=O) groups is 1. The summed E-state index contributed by atoms with van der Waals surface area (Å²) in [7, 11) is -3.84. The Hall–Kier alpha value is -3.72. The number of halogens is 1. The van der Waals surface area contributed by atoms with Gasteiger partial charge in [0.05, 0.1) is 23.3 Å².